The molecule has 0 N–H and O–H groups in total. The number of carbonyl (C=O) groups is 2. The molecule has 0 heterocycles. The Labute approximate surface area is 217 Å². The molecule has 37 heavy (non-hydrogen) atoms. The molecule has 4 rings (SSSR count). The molecule has 4 aromatic rings. The van der Waals surface area contributed by atoms with E-state index in [-0.39, 0.29) is 11.6 Å². The summed E-state index contributed by atoms with van der Waals surface area (Å²) < 4.78 is 17.1. The molecule has 0 aliphatic rings. The molecule has 5 heteroatoms. The van der Waals surface area contributed by atoms with Crippen molar-refractivity contribution in [3.8, 4) is 33.8 Å². The number of Topliss-reactive ketones (excluding diaryl/α,β-unsaturated/α-hetero) is 2. The first-order chi connectivity index (χ1) is 18.0. The first-order valence-corrected chi connectivity index (χ1v) is 12.3. The van der Waals surface area contributed by atoms with E-state index in [1.807, 2.05) is 97.1 Å². The largest absolute Gasteiger partial charge is 0.491 e. The van der Waals surface area contributed by atoms with E-state index in [4.69, 9.17) is 14.2 Å². The smallest absolute Gasteiger partial charge is 0.159 e. The van der Waals surface area contributed by atoms with Gasteiger partial charge in [-0.15, -0.1) is 0 Å². The van der Waals surface area contributed by atoms with Crippen LogP contribution in [0.5, 0.6) is 11.5 Å². The van der Waals surface area contributed by atoms with Gasteiger partial charge in [0.2, 0.25) is 0 Å². The molecule has 0 fully saturated rings. The first kappa shape index (κ1) is 25.9. The van der Waals surface area contributed by atoms with Crippen molar-refractivity contribution in [3.05, 3.63) is 108 Å². The molecule has 0 amide bonds. The Kier molecular flexibility index (Phi) is 8.84. The highest BCUT2D eigenvalue weighted by atomic mass is 16.5. The number of hydrogen-bond acceptors (Lipinski definition) is 5. The highest BCUT2D eigenvalue weighted by molar-refractivity contribution is 5.95. The molecule has 188 valence electrons. The van der Waals surface area contributed by atoms with Crippen molar-refractivity contribution in [2.45, 2.75) is 13.8 Å². The van der Waals surface area contributed by atoms with Gasteiger partial charge in [0, 0.05) is 11.1 Å². The van der Waals surface area contributed by atoms with Gasteiger partial charge in [-0.2, -0.15) is 0 Å². The minimum Gasteiger partial charge on any atom is -0.491 e. The lowest BCUT2D eigenvalue weighted by molar-refractivity contribution is 0.0764. The van der Waals surface area contributed by atoms with E-state index in [1.54, 1.807) is 13.8 Å². The van der Waals surface area contributed by atoms with E-state index < -0.39 is 0 Å². The van der Waals surface area contributed by atoms with E-state index in [1.165, 1.54) is 0 Å². The fourth-order valence-electron chi connectivity index (χ4n) is 3.82. The topological polar surface area (TPSA) is 61.8 Å². The summed E-state index contributed by atoms with van der Waals surface area (Å²) in [6.07, 6.45) is 0. The normalized spacial score (nSPS) is 10.6. The predicted octanol–water partition coefficient (Wildman–Crippen LogP) is 6.90. The van der Waals surface area contributed by atoms with Crippen molar-refractivity contribution >= 4 is 11.6 Å². The lowest BCUT2D eigenvalue weighted by Crippen LogP contribution is -2.12. The fraction of sp³-hybridized carbons (Fsp3) is 0.188. The quantitative estimate of drug-likeness (QED) is 0.158. The van der Waals surface area contributed by atoms with Crippen molar-refractivity contribution in [1.29, 1.82) is 0 Å². The molecule has 0 atom stereocenters. The molecule has 0 saturated heterocycles. The summed E-state index contributed by atoms with van der Waals surface area (Å²) in [4.78, 5) is 22.8. The van der Waals surface area contributed by atoms with Crippen LogP contribution in [0.1, 0.15) is 34.6 Å². The van der Waals surface area contributed by atoms with E-state index in [0.717, 1.165) is 33.8 Å². The molecule has 0 aliphatic heterocycles. The summed E-state index contributed by atoms with van der Waals surface area (Å²) in [5, 5.41) is 0. The Bertz CT molecular complexity index is 1200. The van der Waals surface area contributed by atoms with Gasteiger partial charge in [0.05, 0.1) is 13.2 Å². The standard InChI is InChI=1S/C32H30O5/c1-23(33)25-3-7-27(8-4-25)29-11-15-31(16-12-29)36-21-19-35-20-22-37-32-17-13-30(14-18-32)28-9-5-26(6-10-28)24(2)34/h3-18H,19-22H2,1-2H3. The van der Waals surface area contributed by atoms with E-state index in [9.17, 15) is 9.59 Å². The van der Waals surface area contributed by atoms with Crippen LogP contribution in [0, 0.1) is 0 Å². The Morgan fingerprint density at radius 2 is 0.757 bits per heavy atom. The van der Waals surface area contributed by atoms with Crippen LogP contribution in [0.15, 0.2) is 97.1 Å². The Hall–Kier alpha value is -4.22. The molecule has 0 bridgehead atoms. The maximum Gasteiger partial charge on any atom is 0.159 e. The van der Waals surface area contributed by atoms with Gasteiger partial charge < -0.3 is 14.2 Å². The van der Waals surface area contributed by atoms with Crippen LogP contribution in [0.25, 0.3) is 22.3 Å². The van der Waals surface area contributed by atoms with Gasteiger partial charge >= 0.3 is 0 Å². The lowest BCUT2D eigenvalue weighted by atomic mass is 10.0. The van der Waals surface area contributed by atoms with Crippen LogP contribution in [-0.2, 0) is 4.74 Å². The molecule has 0 spiro atoms. The maximum absolute atomic E-state index is 11.4. The second-order valence-electron chi connectivity index (χ2n) is 8.63. The van der Waals surface area contributed by atoms with Gasteiger partial charge in [0.1, 0.15) is 24.7 Å². The van der Waals surface area contributed by atoms with Gasteiger partial charge in [-0.1, -0.05) is 72.8 Å². The number of rotatable bonds is 12. The van der Waals surface area contributed by atoms with Gasteiger partial charge in [-0.25, -0.2) is 0 Å². The molecular weight excluding hydrogens is 464 g/mol. The highest BCUT2D eigenvalue weighted by Crippen LogP contribution is 2.24. The zero-order valence-electron chi connectivity index (χ0n) is 21.1. The third-order valence-corrected chi connectivity index (χ3v) is 5.95. The molecule has 0 aliphatic carbocycles. The van der Waals surface area contributed by atoms with Crippen molar-refractivity contribution in [2.24, 2.45) is 0 Å². The van der Waals surface area contributed by atoms with Crippen molar-refractivity contribution < 1.29 is 23.8 Å². The Morgan fingerprint density at radius 1 is 0.459 bits per heavy atom. The Balaban J connectivity index is 1.13. The van der Waals surface area contributed by atoms with Crippen molar-refractivity contribution in [1.82, 2.24) is 0 Å². The van der Waals surface area contributed by atoms with Crippen LogP contribution in [0.4, 0.5) is 0 Å². The average molecular weight is 495 g/mol. The third kappa shape index (κ3) is 7.38. The second kappa shape index (κ2) is 12.7. The molecule has 4 aromatic carbocycles. The van der Waals surface area contributed by atoms with Crippen LogP contribution < -0.4 is 9.47 Å². The van der Waals surface area contributed by atoms with E-state index >= 15 is 0 Å². The maximum atomic E-state index is 11.4. The third-order valence-electron chi connectivity index (χ3n) is 5.95. The lowest BCUT2D eigenvalue weighted by Gasteiger charge is -2.10. The number of carbonyl (C=O) groups excluding carboxylic acids is 2. The molecular formula is C32H30O5. The number of ether oxygens (including phenoxy) is 3. The van der Waals surface area contributed by atoms with Gasteiger partial charge in [-0.3, -0.25) is 9.59 Å². The monoisotopic (exact) mass is 494 g/mol. The average Bonchev–Trinajstić information content (AvgIpc) is 2.93. The number of ketones is 2. The summed E-state index contributed by atoms with van der Waals surface area (Å²) >= 11 is 0. The number of benzene rings is 4. The van der Waals surface area contributed by atoms with E-state index in [2.05, 4.69) is 0 Å². The zero-order chi connectivity index (χ0) is 26.0. The van der Waals surface area contributed by atoms with Gasteiger partial charge in [0.15, 0.2) is 11.6 Å². The van der Waals surface area contributed by atoms with Crippen LogP contribution >= 0.6 is 0 Å². The molecule has 0 saturated carbocycles. The van der Waals surface area contributed by atoms with Crippen LogP contribution in [-0.4, -0.2) is 38.0 Å². The SMILES string of the molecule is CC(=O)c1ccc(-c2ccc(OCCOCCOc3ccc(-c4ccc(C(C)=O)cc4)cc3)cc2)cc1. The van der Waals surface area contributed by atoms with E-state index in [0.29, 0.717) is 37.6 Å². The van der Waals surface area contributed by atoms with Crippen molar-refractivity contribution in [3.63, 3.8) is 0 Å². The Morgan fingerprint density at radius 3 is 1.05 bits per heavy atom. The second-order valence-corrected chi connectivity index (χ2v) is 8.63. The predicted molar refractivity (Wildman–Crippen MR) is 146 cm³/mol. The van der Waals surface area contributed by atoms with Crippen LogP contribution in [0.2, 0.25) is 0 Å². The highest BCUT2D eigenvalue weighted by Gasteiger charge is 2.04. The molecule has 0 unspecified atom stereocenters. The van der Waals surface area contributed by atoms with Gasteiger partial charge in [-0.05, 0) is 60.4 Å². The number of hydrogen-bond donors (Lipinski definition) is 0. The van der Waals surface area contributed by atoms with Crippen molar-refractivity contribution in [2.75, 3.05) is 26.4 Å². The summed E-state index contributed by atoms with van der Waals surface area (Å²) in [5.74, 6) is 1.68. The molecule has 5 nitrogen and oxygen atoms in total. The summed E-state index contributed by atoms with van der Waals surface area (Å²) in [7, 11) is 0. The minimum absolute atomic E-state index is 0.0631. The zero-order valence-corrected chi connectivity index (χ0v) is 21.1. The fourth-order valence-corrected chi connectivity index (χ4v) is 3.82. The summed E-state index contributed by atoms with van der Waals surface area (Å²) in [5.41, 5.74) is 5.65. The summed E-state index contributed by atoms with van der Waals surface area (Å²) in [6.45, 7) is 4.96. The molecule has 0 aromatic heterocycles. The van der Waals surface area contributed by atoms with Crippen LogP contribution in [0.3, 0.4) is 0 Å². The first-order valence-electron chi connectivity index (χ1n) is 12.3. The van der Waals surface area contributed by atoms with Gasteiger partial charge in [0.25, 0.3) is 0 Å². The summed E-state index contributed by atoms with van der Waals surface area (Å²) in [6, 6.07) is 30.9. The molecule has 0 radical (unpaired) electrons. The minimum atomic E-state index is 0.0631.